The van der Waals surface area contributed by atoms with Crippen LogP contribution in [-0.2, 0) is 24.3 Å². The van der Waals surface area contributed by atoms with E-state index in [9.17, 15) is 18.0 Å². The van der Waals surface area contributed by atoms with E-state index in [1.165, 1.54) is 12.5 Å². The summed E-state index contributed by atoms with van der Waals surface area (Å²) in [6, 6.07) is 6.67. The number of amidine groups is 1. The standard InChI is InChI=1S/C19H25N3O5S/c1-13(19(24)21-14-7-3-2-4-8-14)27-17(23)11-12-20-18-15-9-5-6-10-16(15)28(25,26)22-18/h5-6,9-10,13-14H,2-4,7-8,11-12H2,1H3,(H,20,22)(H,21,24). The van der Waals surface area contributed by atoms with Crippen molar-refractivity contribution in [1.82, 2.24) is 10.0 Å². The Morgan fingerprint density at radius 2 is 1.96 bits per heavy atom. The van der Waals surface area contributed by atoms with Gasteiger partial charge in [0.05, 0.1) is 17.9 Å². The van der Waals surface area contributed by atoms with Gasteiger partial charge in [-0.2, -0.15) is 0 Å². The number of amides is 1. The lowest BCUT2D eigenvalue weighted by atomic mass is 9.95. The zero-order valence-electron chi connectivity index (χ0n) is 15.8. The molecule has 1 amide bonds. The van der Waals surface area contributed by atoms with Gasteiger partial charge in [-0.25, -0.2) is 8.42 Å². The van der Waals surface area contributed by atoms with Crippen LogP contribution in [0.25, 0.3) is 0 Å². The van der Waals surface area contributed by atoms with Crippen molar-refractivity contribution in [3.05, 3.63) is 29.8 Å². The number of benzene rings is 1. The highest BCUT2D eigenvalue weighted by atomic mass is 32.2. The number of nitrogens with zero attached hydrogens (tertiary/aromatic N) is 1. The van der Waals surface area contributed by atoms with Crippen LogP contribution < -0.4 is 10.0 Å². The van der Waals surface area contributed by atoms with E-state index in [-0.39, 0.29) is 35.6 Å². The van der Waals surface area contributed by atoms with E-state index < -0.39 is 22.1 Å². The number of nitrogens with one attached hydrogen (secondary N) is 2. The summed E-state index contributed by atoms with van der Waals surface area (Å²) in [7, 11) is -3.60. The Hall–Kier alpha value is -2.42. The van der Waals surface area contributed by atoms with Gasteiger partial charge in [0.25, 0.3) is 15.9 Å². The van der Waals surface area contributed by atoms with Crippen LogP contribution >= 0.6 is 0 Å². The minimum atomic E-state index is -3.60. The van der Waals surface area contributed by atoms with Gasteiger partial charge in [-0.05, 0) is 31.9 Å². The predicted octanol–water partition coefficient (Wildman–Crippen LogP) is 1.50. The molecular formula is C19H25N3O5S. The van der Waals surface area contributed by atoms with Crippen molar-refractivity contribution in [2.75, 3.05) is 6.54 Å². The molecule has 1 unspecified atom stereocenters. The van der Waals surface area contributed by atoms with Gasteiger partial charge in [-0.15, -0.1) is 0 Å². The van der Waals surface area contributed by atoms with Crippen LogP contribution in [0.4, 0.5) is 0 Å². The van der Waals surface area contributed by atoms with E-state index in [1.807, 2.05) is 0 Å². The second-order valence-corrected chi connectivity index (χ2v) is 8.71. The third-order valence-corrected chi connectivity index (χ3v) is 6.27. The summed E-state index contributed by atoms with van der Waals surface area (Å²) in [6.45, 7) is 1.60. The first kappa shape index (κ1) is 20.3. The van der Waals surface area contributed by atoms with E-state index in [0.29, 0.717) is 5.56 Å². The van der Waals surface area contributed by atoms with Crippen molar-refractivity contribution in [2.24, 2.45) is 4.99 Å². The minimum absolute atomic E-state index is 0.0472. The molecule has 1 aliphatic carbocycles. The topological polar surface area (TPSA) is 114 Å². The summed E-state index contributed by atoms with van der Waals surface area (Å²) in [6.07, 6.45) is 4.41. The number of sulfonamides is 1. The number of fused-ring (bicyclic) bond motifs is 1. The Morgan fingerprint density at radius 1 is 1.25 bits per heavy atom. The Labute approximate surface area is 164 Å². The molecule has 8 nitrogen and oxygen atoms in total. The van der Waals surface area contributed by atoms with E-state index in [2.05, 4.69) is 15.0 Å². The fourth-order valence-corrected chi connectivity index (χ4v) is 4.64. The van der Waals surface area contributed by atoms with Gasteiger partial charge in [-0.3, -0.25) is 19.3 Å². The molecule has 1 fully saturated rings. The van der Waals surface area contributed by atoms with Crippen LogP contribution in [0.5, 0.6) is 0 Å². The van der Waals surface area contributed by atoms with Crippen molar-refractivity contribution in [3.8, 4) is 0 Å². The van der Waals surface area contributed by atoms with E-state index in [4.69, 9.17) is 4.74 Å². The van der Waals surface area contributed by atoms with Crippen LogP contribution in [0.3, 0.4) is 0 Å². The molecule has 0 spiro atoms. The third kappa shape index (κ3) is 4.89. The van der Waals surface area contributed by atoms with Crippen LogP contribution in [0.15, 0.2) is 34.2 Å². The zero-order valence-corrected chi connectivity index (χ0v) is 16.6. The van der Waals surface area contributed by atoms with Crippen LogP contribution in [0.1, 0.15) is 51.0 Å². The monoisotopic (exact) mass is 407 g/mol. The van der Waals surface area contributed by atoms with Gasteiger partial charge < -0.3 is 10.1 Å². The van der Waals surface area contributed by atoms with E-state index in [0.717, 1.165) is 25.7 Å². The maximum atomic E-state index is 12.1. The second-order valence-electron chi connectivity index (χ2n) is 7.06. The minimum Gasteiger partial charge on any atom is -0.452 e. The fourth-order valence-electron chi connectivity index (χ4n) is 3.39. The number of carbonyl (C=O) groups is 2. The molecule has 1 aromatic rings. The molecule has 1 heterocycles. The van der Waals surface area contributed by atoms with Crippen LogP contribution in [-0.4, -0.2) is 44.8 Å². The smallest absolute Gasteiger partial charge is 0.308 e. The fraction of sp³-hybridized carbons (Fsp3) is 0.526. The van der Waals surface area contributed by atoms with Crippen molar-refractivity contribution < 1.29 is 22.7 Å². The predicted molar refractivity (Wildman–Crippen MR) is 103 cm³/mol. The first-order valence-corrected chi connectivity index (χ1v) is 11.0. The summed E-state index contributed by atoms with van der Waals surface area (Å²) in [5.74, 6) is -0.625. The lowest BCUT2D eigenvalue weighted by Gasteiger charge is -2.24. The van der Waals surface area contributed by atoms with Crippen molar-refractivity contribution >= 4 is 27.7 Å². The first-order chi connectivity index (χ1) is 13.4. The number of aliphatic imine (C=N–C) groups is 1. The number of hydrogen-bond donors (Lipinski definition) is 2. The lowest BCUT2D eigenvalue weighted by Crippen LogP contribution is -2.42. The largest absolute Gasteiger partial charge is 0.452 e. The molecule has 1 aromatic carbocycles. The summed E-state index contributed by atoms with van der Waals surface area (Å²) in [4.78, 5) is 28.5. The SMILES string of the molecule is CC(OC(=O)CCN=C1NS(=O)(=O)c2ccccc21)C(=O)NC1CCCCC1. The number of ether oxygens (including phenoxy) is 1. The highest BCUT2D eigenvalue weighted by molar-refractivity contribution is 7.90. The highest BCUT2D eigenvalue weighted by Gasteiger charge is 2.30. The number of hydrogen-bond acceptors (Lipinski definition) is 6. The number of esters is 1. The molecule has 0 bridgehead atoms. The second kappa shape index (κ2) is 8.72. The zero-order chi connectivity index (χ0) is 20.1. The molecule has 1 saturated carbocycles. The first-order valence-electron chi connectivity index (χ1n) is 9.53. The van der Waals surface area contributed by atoms with Gasteiger partial charge in [0.1, 0.15) is 5.84 Å². The molecule has 0 aromatic heterocycles. The highest BCUT2D eigenvalue weighted by Crippen LogP contribution is 2.22. The number of rotatable bonds is 6. The lowest BCUT2D eigenvalue weighted by molar-refractivity contribution is -0.154. The summed E-state index contributed by atoms with van der Waals surface area (Å²) < 4.78 is 31.6. The van der Waals surface area contributed by atoms with Crippen molar-refractivity contribution in [2.45, 2.75) is 62.5 Å². The Bertz CT molecular complexity index is 875. The molecule has 1 aliphatic heterocycles. The molecular weight excluding hydrogens is 382 g/mol. The molecule has 0 saturated heterocycles. The molecule has 28 heavy (non-hydrogen) atoms. The average molecular weight is 407 g/mol. The van der Waals surface area contributed by atoms with Gasteiger partial charge in [-0.1, -0.05) is 31.4 Å². The molecule has 2 aliphatic rings. The van der Waals surface area contributed by atoms with Crippen LogP contribution in [0.2, 0.25) is 0 Å². The van der Waals surface area contributed by atoms with Gasteiger partial charge in [0.2, 0.25) is 0 Å². The Kier molecular flexibility index (Phi) is 6.33. The molecule has 1 atom stereocenters. The van der Waals surface area contributed by atoms with Gasteiger partial charge in [0, 0.05) is 11.6 Å². The Balaban J connectivity index is 1.48. The molecule has 2 N–H and O–H groups in total. The van der Waals surface area contributed by atoms with Crippen molar-refractivity contribution in [1.29, 1.82) is 0 Å². The molecule has 9 heteroatoms. The molecule has 152 valence electrons. The maximum absolute atomic E-state index is 12.1. The quantitative estimate of drug-likeness (QED) is 0.694. The van der Waals surface area contributed by atoms with E-state index in [1.54, 1.807) is 25.1 Å². The van der Waals surface area contributed by atoms with Gasteiger partial charge >= 0.3 is 5.97 Å². The summed E-state index contributed by atoms with van der Waals surface area (Å²) in [5.41, 5.74) is 0.482. The van der Waals surface area contributed by atoms with Crippen LogP contribution in [0, 0.1) is 0 Å². The average Bonchev–Trinajstić information content (AvgIpc) is 2.93. The summed E-state index contributed by atoms with van der Waals surface area (Å²) >= 11 is 0. The normalized spacial score (nSPS) is 20.8. The molecule has 3 rings (SSSR count). The van der Waals surface area contributed by atoms with Crippen molar-refractivity contribution in [3.63, 3.8) is 0 Å². The number of carbonyl (C=O) groups excluding carboxylic acids is 2. The van der Waals surface area contributed by atoms with Gasteiger partial charge in [0.15, 0.2) is 6.10 Å². The summed E-state index contributed by atoms with van der Waals surface area (Å²) in [5, 5.41) is 2.92. The van der Waals surface area contributed by atoms with E-state index >= 15 is 0 Å². The Morgan fingerprint density at radius 3 is 2.71 bits per heavy atom. The third-order valence-electron chi connectivity index (χ3n) is 4.88. The molecule has 0 radical (unpaired) electrons. The maximum Gasteiger partial charge on any atom is 0.308 e.